The summed E-state index contributed by atoms with van der Waals surface area (Å²) in [5, 5.41) is 7.44. The molecule has 13 rings (SSSR count). The fourth-order valence-corrected chi connectivity index (χ4v) is 9.65. The van der Waals surface area contributed by atoms with E-state index in [0.29, 0.717) is 0 Å². The zero-order chi connectivity index (χ0) is 37.9. The summed E-state index contributed by atoms with van der Waals surface area (Å²) in [6.45, 7) is 0. The molecule has 3 aromatic heterocycles. The second-order valence-electron chi connectivity index (χ2n) is 15.3. The quantitative estimate of drug-likeness (QED) is 0.176. The smallest absolute Gasteiger partial charge is 0.152 e. The fourth-order valence-electron chi connectivity index (χ4n) is 9.65. The number of rotatable bonds is 4. The van der Waals surface area contributed by atoms with Crippen molar-refractivity contribution in [1.82, 2.24) is 13.7 Å². The molecule has 0 radical (unpaired) electrons. The third kappa shape index (κ3) is 4.40. The lowest BCUT2D eigenvalue weighted by molar-refractivity contribution is 0.476. The third-order valence-corrected chi connectivity index (χ3v) is 12.2. The molecule has 4 heteroatoms. The Morgan fingerprint density at radius 1 is 0.276 bits per heavy atom. The Hall–Kier alpha value is -7.82. The van der Waals surface area contributed by atoms with Gasteiger partial charge in [-0.1, -0.05) is 127 Å². The lowest BCUT2D eigenvalue weighted by atomic mass is 9.99. The maximum absolute atomic E-state index is 6.34. The van der Waals surface area contributed by atoms with Crippen molar-refractivity contribution in [2.45, 2.75) is 0 Å². The summed E-state index contributed by atoms with van der Waals surface area (Å²) in [5.74, 6) is 1.77. The van der Waals surface area contributed by atoms with Crippen LogP contribution < -0.4 is 4.74 Å². The number of benzene rings is 9. The van der Waals surface area contributed by atoms with E-state index in [4.69, 9.17) is 4.74 Å². The molecule has 0 saturated carbocycles. The van der Waals surface area contributed by atoms with Gasteiger partial charge in [0.2, 0.25) is 0 Å². The minimum Gasteiger partial charge on any atom is -0.453 e. The van der Waals surface area contributed by atoms with Crippen LogP contribution in [0.1, 0.15) is 0 Å². The molecule has 4 heterocycles. The first-order valence-corrected chi connectivity index (χ1v) is 19.8. The van der Waals surface area contributed by atoms with Crippen LogP contribution in [0.5, 0.6) is 11.5 Å². The molecule has 0 spiro atoms. The average molecular weight is 740 g/mol. The molecule has 58 heavy (non-hydrogen) atoms. The highest BCUT2D eigenvalue weighted by molar-refractivity contribution is 6.14. The molecule has 270 valence electrons. The Labute approximate surface area is 333 Å². The second kappa shape index (κ2) is 11.8. The van der Waals surface area contributed by atoms with Crippen molar-refractivity contribution in [3.05, 3.63) is 200 Å². The van der Waals surface area contributed by atoms with Gasteiger partial charge in [0.05, 0.1) is 38.8 Å². The van der Waals surface area contributed by atoms with Crippen LogP contribution in [0.15, 0.2) is 200 Å². The standard InChI is InChI=1S/C54H33N3O/c1-4-17-46-40(13-1)41-14-2-5-18-47(41)56(46)39-28-30-49-45(33-39)42-15-3-6-19-48(42)55(49)38-12-9-11-36(31-38)34-23-25-35(26-24-34)37-27-29-43-44-16-10-22-53-54(44)57(51(43)32-37)50-20-7-8-21-52(50)58-53/h1-33H. The van der Waals surface area contributed by atoms with E-state index < -0.39 is 0 Å². The van der Waals surface area contributed by atoms with Crippen molar-refractivity contribution < 1.29 is 4.74 Å². The van der Waals surface area contributed by atoms with Gasteiger partial charge in [0.15, 0.2) is 11.5 Å². The zero-order valence-electron chi connectivity index (χ0n) is 31.3. The molecule has 0 aliphatic carbocycles. The SMILES string of the molecule is c1cc(-c2ccc(-c3ccc4c5cccc6c5n(c4c3)-c3ccccc3O6)cc2)cc(-n2c3ccccc3c3cc(-n4c5ccccc5c5ccccc54)ccc32)c1. The van der Waals surface area contributed by atoms with Crippen LogP contribution in [-0.4, -0.2) is 13.7 Å². The van der Waals surface area contributed by atoms with Crippen LogP contribution in [0, 0.1) is 0 Å². The highest BCUT2D eigenvalue weighted by Crippen LogP contribution is 2.46. The van der Waals surface area contributed by atoms with Gasteiger partial charge in [-0.25, -0.2) is 0 Å². The van der Waals surface area contributed by atoms with E-state index >= 15 is 0 Å². The summed E-state index contributed by atoms with van der Waals surface area (Å²) in [6.07, 6.45) is 0. The number of para-hydroxylation sites is 6. The molecule has 1 aliphatic rings. The molecule has 0 bridgehead atoms. The summed E-state index contributed by atoms with van der Waals surface area (Å²) < 4.78 is 13.5. The van der Waals surface area contributed by atoms with Gasteiger partial charge < -0.3 is 18.4 Å². The molecule has 9 aromatic carbocycles. The van der Waals surface area contributed by atoms with Crippen molar-refractivity contribution in [3.8, 4) is 50.8 Å². The summed E-state index contributed by atoms with van der Waals surface area (Å²) in [4.78, 5) is 0. The number of hydrogen-bond acceptors (Lipinski definition) is 1. The fraction of sp³-hybridized carbons (Fsp3) is 0. The van der Waals surface area contributed by atoms with Gasteiger partial charge in [-0.2, -0.15) is 0 Å². The van der Waals surface area contributed by atoms with Crippen LogP contribution in [0.2, 0.25) is 0 Å². The van der Waals surface area contributed by atoms with Crippen LogP contribution in [0.25, 0.3) is 105 Å². The number of aromatic nitrogens is 3. The average Bonchev–Trinajstić information content (AvgIpc) is 3.93. The molecule has 0 saturated heterocycles. The number of nitrogens with zero attached hydrogens (tertiary/aromatic N) is 3. The zero-order valence-corrected chi connectivity index (χ0v) is 31.3. The van der Waals surface area contributed by atoms with Gasteiger partial charge in [0.1, 0.15) is 0 Å². The van der Waals surface area contributed by atoms with E-state index in [1.165, 1.54) is 82.2 Å². The van der Waals surface area contributed by atoms with E-state index in [-0.39, 0.29) is 0 Å². The number of fused-ring (bicyclic) bond motifs is 11. The molecule has 12 aromatic rings. The molecule has 0 unspecified atom stereocenters. The molecule has 0 fully saturated rings. The summed E-state index contributed by atoms with van der Waals surface area (Å²) >= 11 is 0. The van der Waals surface area contributed by atoms with Gasteiger partial charge in [0, 0.05) is 43.7 Å². The van der Waals surface area contributed by atoms with Crippen molar-refractivity contribution in [2.75, 3.05) is 0 Å². The minimum atomic E-state index is 0.877. The Morgan fingerprint density at radius 3 is 1.52 bits per heavy atom. The van der Waals surface area contributed by atoms with Crippen molar-refractivity contribution in [1.29, 1.82) is 0 Å². The topological polar surface area (TPSA) is 24.0 Å². The monoisotopic (exact) mass is 739 g/mol. The van der Waals surface area contributed by atoms with E-state index in [1.807, 2.05) is 12.1 Å². The molecule has 4 nitrogen and oxygen atoms in total. The summed E-state index contributed by atoms with van der Waals surface area (Å²) in [7, 11) is 0. The number of ether oxygens (including phenoxy) is 1. The van der Waals surface area contributed by atoms with Gasteiger partial charge in [-0.15, -0.1) is 0 Å². The Bertz CT molecular complexity index is 3600. The molecular formula is C54H33N3O. The van der Waals surface area contributed by atoms with Crippen LogP contribution >= 0.6 is 0 Å². The van der Waals surface area contributed by atoms with Gasteiger partial charge in [0.25, 0.3) is 0 Å². The predicted molar refractivity (Wildman–Crippen MR) is 240 cm³/mol. The van der Waals surface area contributed by atoms with E-state index in [1.54, 1.807) is 0 Å². The van der Waals surface area contributed by atoms with Crippen LogP contribution in [-0.2, 0) is 0 Å². The minimum absolute atomic E-state index is 0.877. The maximum atomic E-state index is 6.34. The Morgan fingerprint density at radius 2 is 0.793 bits per heavy atom. The molecule has 1 aliphatic heterocycles. The van der Waals surface area contributed by atoms with E-state index in [0.717, 1.165) is 34.1 Å². The predicted octanol–water partition coefficient (Wildman–Crippen LogP) is 14.4. The van der Waals surface area contributed by atoms with E-state index in [9.17, 15) is 0 Å². The first kappa shape index (κ1) is 31.4. The maximum Gasteiger partial charge on any atom is 0.152 e. The van der Waals surface area contributed by atoms with Gasteiger partial charge >= 0.3 is 0 Å². The molecule has 0 amide bonds. The first-order valence-electron chi connectivity index (χ1n) is 19.8. The number of hydrogen-bond donors (Lipinski definition) is 0. The molecule has 0 N–H and O–H groups in total. The molecular weight excluding hydrogens is 707 g/mol. The van der Waals surface area contributed by atoms with Gasteiger partial charge in [-0.3, -0.25) is 0 Å². The first-order chi connectivity index (χ1) is 28.8. The normalized spacial score (nSPS) is 12.3. The molecule has 0 atom stereocenters. The van der Waals surface area contributed by atoms with Crippen molar-refractivity contribution in [3.63, 3.8) is 0 Å². The highest BCUT2D eigenvalue weighted by Gasteiger charge is 2.24. The summed E-state index contributed by atoms with van der Waals surface area (Å²) in [6, 6.07) is 72.6. The van der Waals surface area contributed by atoms with Crippen molar-refractivity contribution >= 4 is 65.4 Å². The third-order valence-electron chi connectivity index (χ3n) is 12.2. The van der Waals surface area contributed by atoms with E-state index in [2.05, 4.69) is 202 Å². The highest BCUT2D eigenvalue weighted by atomic mass is 16.5. The van der Waals surface area contributed by atoms with Crippen LogP contribution in [0.3, 0.4) is 0 Å². The lowest BCUT2D eigenvalue weighted by Gasteiger charge is -2.20. The lowest BCUT2D eigenvalue weighted by Crippen LogP contribution is -2.03. The largest absolute Gasteiger partial charge is 0.453 e. The Balaban J connectivity index is 0.898. The summed E-state index contributed by atoms with van der Waals surface area (Å²) in [5.41, 5.74) is 15.2. The second-order valence-corrected chi connectivity index (χ2v) is 15.3. The van der Waals surface area contributed by atoms with Crippen LogP contribution in [0.4, 0.5) is 0 Å². The van der Waals surface area contributed by atoms with Crippen molar-refractivity contribution in [2.24, 2.45) is 0 Å². The van der Waals surface area contributed by atoms with Gasteiger partial charge in [-0.05, 0) is 95.1 Å². The Kier molecular flexibility index (Phi) is 6.41.